The number of amides is 1. The molecular formula is C4H8ClNO3. The predicted molar refractivity (Wildman–Crippen MR) is 31.3 cm³/mol. The van der Waals surface area contributed by atoms with Gasteiger partial charge in [0.2, 0.25) is 0 Å². The summed E-state index contributed by atoms with van der Waals surface area (Å²) in [6, 6.07) is 0. The van der Waals surface area contributed by atoms with E-state index >= 15 is 0 Å². The molecule has 0 aromatic carbocycles. The lowest BCUT2D eigenvalue weighted by atomic mass is 10.3. The third-order valence-corrected chi connectivity index (χ3v) is 1.01. The van der Waals surface area contributed by atoms with Gasteiger partial charge >= 0.3 is 0 Å². The molecule has 9 heavy (non-hydrogen) atoms. The molecule has 1 amide bonds. The average molecular weight is 154 g/mol. The zero-order chi connectivity index (χ0) is 7.28. The third kappa shape index (κ3) is 3.29. The fourth-order valence-electron chi connectivity index (χ4n) is 0.309. The summed E-state index contributed by atoms with van der Waals surface area (Å²) in [5.74, 6) is -0.634. The molecular weight excluding hydrogens is 146 g/mol. The maximum absolute atomic E-state index is 10.2. The van der Waals surface area contributed by atoms with E-state index < -0.39 is 12.0 Å². The number of carbonyl (C=O) groups excluding carboxylic acids is 1. The highest BCUT2D eigenvalue weighted by Gasteiger charge is 2.11. The minimum Gasteiger partial charge on any atom is -0.383 e. The highest BCUT2D eigenvalue weighted by Crippen LogP contribution is 1.92. The predicted octanol–water partition coefficient (Wildman–Crippen LogP) is -0.518. The fraction of sp³-hybridized carbons (Fsp3) is 0.750. The van der Waals surface area contributed by atoms with E-state index in [9.17, 15) is 4.79 Å². The van der Waals surface area contributed by atoms with Crippen molar-refractivity contribution in [1.29, 1.82) is 0 Å². The highest BCUT2D eigenvalue weighted by atomic mass is 35.5. The molecule has 0 aliphatic heterocycles. The average Bonchev–Trinajstić information content (AvgIpc) is 1.87. The lowest BCUT2D eigenvalue weighted by Gasteiger charge is -2.03. The Morgan fingerprint density at radius 2 is 2.33 bits per heavy atom. The molecule has 0 aliphatic carbocycles. The molecule has 5 heteroatoms. The van der Waals surface area contributed by atoms with Gasteiger partial charge in [-0.05, 0) is 6.42 Å². The summed E-state index contributed by atoms with van der Waals surface area (Å²) >= 11 is 5.18. The van der Waals surface area contributed by atoms with E-state index in [0.29, 0.717) is 0 Å². The van der Waals surface area contributed by atoms with Crippen molar-refractivity contribution in [1.82, 2.24) is 5.48 Å². The minimum absolute atomic E-state index is 0.147. The summed E-state index contributed by atoms with van der Waals surface area (Å²) in [5, 5.41) is 16.6. The molecule has 0 aliphatic rings. The van der Waals surface area contributed by atoms with Crippen molar-refractivity contribution in [2.45, 2.75) is 12.5 Å². The van der Waals surface area contributed by atoms with Crippen molar-refractivity contribution in [2.75, 3.05) is 5.88 Å². The Bertz CT molecular complexity index is 97.8. The molecule has 0 radical (unpaired) electrons. The summed E-state index contributed by atoms with van der Waals surface area (Å²) in [7, 11) is 0. The van der Waals surface area contributed by atoms with Crippen LogP contribution in [-0.4, -0.2) is 28.2 Å². The lowest BCUT2D eigenvalue weighted by Crippen LogP contribution is -2.32. The maximum atomic E-state index is 10.2. The molecule has 0 heterocycles. The molecule has 0 aromatic rings. The molecule has 0 fully saturated rings. The van der Waals surface area contributed by atoms with Crippen LogP contribution in [0.2, 0.25) is 0 Å². The van der Waals surface area contributed by atoms with Gasteiger partial charge < -0.3 is 5.11 Å². The second-order valence-electron chi connectivity index (χ2n) is 1.47. The molecule has 0 aromatic heterocycles. The topological polar surface area (TPSA) is 69.6 Å². The van der Waals surface area contributed by atoms with Crippen molar-refractivity contribution in [3.05, 3.63) is 0 Å². The van der Waals surface area contributed by atoms with Gasteiger partial charge in [0.25, 0.3) is 5.91 Å². The van der Waals surface area contributed by atoms with Crippen LogP contribution in [-0.2, 0) is 4.79 Å². The summed E-state index contributed by atoms with van der Waals surface area (Å²) in [6.07, 6.45) is -1.05. The molecule has 0 saturated heterocycles. The largest absolute Gasteiger partial charge is 0.383 e. The Balaban J connectivity index is 3.45. The number of halogens is 1. The Morgan fingerprint density at radius 1 is 1.78 bits per heavy atom. The molecule has 54 valence electrons. The SMILES string of the molecule is O=C(NO)C(O)CCCl. The second kappa shape index (κ2) is 4.55. The highest BCUT2D eigenvalue weighted by molar-refractivity contribution is 6.18. The van der Waals surface area contributed by atoms with Crippen molar-refractivity contribution >= 4 is 17.5 Å². The van der Waals surface area contributed by atoms with Crippen molar-refractivity contribution in [2.24, 2.45) is 0 Å². The number of alkyl halides is 1. The number of rotatable bonds is 3. The summed E-state index contributed by atoms with van der Waals surface area (Å²) < 4.78 is 0. The number of hydroxylamine groups is 1. The number of aliphatic hydroxyl groups excluding tert-OH is 1. The van der Waals surface area contributed by atoms with E-state index in [2.05, 4.69) is 0 Å². The van der Waals surface area contributed by atoms with E-state index in [0.717, 1.165) is 0 Å². The molecule has 0 bridgehead atoms. The molecule has 1 unspecified atom stereocenters. The molecule has 0 spiro atoms. The van der Waals surface area contributed by atoms with Crippen LogP contribution in [0.1, 0.15) is 6.42 Å². The van der Waals surface area contributed by atoms with Gasteiger partial charge in [-0.3, -0.25) is 10.0 Å². The third-order valence-electron chi connectivity index (χ3n) is 0.795. The Morgan fingerprint density at radius 3 is 2.67 bits per heavy atom. The Hall–Kier alpha value is -0.320. The molecule has 3 N–H and O–H groups in total. The van der Waals surface area contributed by atoms with E-state index in [4.69, 9.17) is 21.9 Å². The first kappa shape index (κ1) is 8.68. The zero-order valence-electron chi connectivity index (χ0n) is 4.67. The fourth-order valence-corrected chi connectivity index (χ4v) is 0.516. The first-order valence-corrected chi connectivity index (χ1v) is 2.93. The summed E-state index contributed by atoms with van der Waals surface area (Å²) in [4.78, 5) is 10.2. The maximum Gasteiger partial charge on any atom is 0.272 e. The standard InChI is InChI=1S/C4H8ClNO3/c5-2-1-3(7)4(8)6-9/h3,7,9H,1-2H2,(H,6,8). The number of hydrogen-bond donors (Lipinski definition) is 3. The molecule has 4 nitrogen and oxygen atoms in total. The minimum atomic E-state index is -1.20. The molecule has 0 saturated carbocycles. The van der Waals surface area contributed by atoms with E-state index in [1.165, 1.54) is 5.48 Å². The Kier molecular flexibility index (Phi) is 4.39. The molecule has 1 atom stereocenters. The van der Waals surface area contributed by atoms with Crippen LogP contribution in [0.25, 0.3) is 0 Å². The van der Waals surface area contributed by atoms with Gasteiger partial charge in [-0.2, -0.15) is 0 Å². The first-order chi connectivity index (χ1) is 4.22. The van der Waals surface area contributed by atoms with Gasteiger partial charge in [-0.25, -0.2) is 5.48 Å². The summed E-state index contributed by atoms with van der Waals surface area (Å²) in [5.41, 5.74) is 1.30. The van der Waals surface area contributed by atoms with Gasteiger partial charge in [-0.1, -0.05) is 0 Å². The van der Waals surface area contributed by atoms with Crippen LogP contribution in [0.5, 0.6) is 0 Å². The normalized spacial score (nSPS) is 12.8. The number of hydrogen-bond acceptors (Lipinski definition) is 3. The monoisotopic (exact) mass is 153 g/mol. The van der Waals surface area contributed by atoms with Crippen LogP contribution < -0.4 is 5.48 Å². The van der Waals surface area contributed by atoms with Gasteiger partial charge in [-0.15, -0.1) is 11.6 Å². The van der Waals surface area contributed by atoms with Crippen LogP contribution >= 0.6 is 11.6 Å². The zero-order valence-corrected chi connectivity index (χ0v) is 5.43. The molecule has 0 rings (SSSR count). The van der Waals surface area contributed by atoms with Crippen molar-refractivity contribution in [3.63, 3.8) is 0 Å². The van der Waals surface area contributed by atoms with Gasteiger partial charge in [0.1, 0.15) is 6.10 Å². The quantitative estimate of drug-likeness (QED) is 0.290. The van der Waals surface area contributed by atoms with Crippen LogP contribution in [0.3, 0.4) is 0 Å². The first-order valence-electron chi connectivity index (χ1n) is 2.40. The lowest BCUT2D eigenvalue weighted by molar-refractivity contribution is -0.137. The van der Waals surface area contributed by atoms with Gasteiger partial charge in [0.15, 0.2) is 0 Å². The Labute approximate surface area is 57.4 Å². The summed E-state index contributed by atoms with van der Waals surface area (Å²) in [6.45, 7) is 0. The second-order valence-corrected chi connectivity index (χ2v) is 1.85. The van der Waals surface area contributed by atoms with Crippen LogP contribution in [0.4, 0.5) is 0 Å². The van der Waals surface area contributed by atoms with E-state index in [1.807, 2.05) is 0 Å². The van der Waals surface area contributed by atoms with E-state index in [-0.39, 0.29) is 12.3 Å². The number of carbonyl (C=O) groups is 1. The van der Waals surface area contributed by atoms with Crippen molar-refractivity contribution in [3.8, 4) is 0 Å². The van der Waals surface area contributed by atoms with E-state index in [1.54, 1.807) is 0 Å². The van der Waals surface area contributed by atoms with Gasteiger partial charge in [0, 0.05) is 5.88 Å². The van der Waals surface area contributed by atoms with Gasteiger partial charge in [0.05, 0.1) is 0 Å². The number of aliphatic hydroxyl groups is 1. The van der Waals surface area contributed by atoms with Crippen LogP contribution in [0, 0.1) is 0 Å². The van der Waals surface area contributed by atoms with Crippen molar-refractivity contribution < 1.29 is 15.1 Å². The smallest absolute Gasteiger partial charge is 0.272 e. The van der Waals surface area contributed by atoms with Crippen LogP contribution in [0.15, 0.2) is 0 Å². The number of nitrogens with one attached hydrogen (secondary N) is 1.